The Hall–Kier alpha value is -0.330. The van der Waals surface area contributed by atoms with E-state index in [9.17, 15) is 4.79 Å². The van der Waals surface area contributed by atoms with Crippen molar-refractivity contribution in [3.8, 4) is 0 Å². The highest BCUT2D eigenvalue weighted by molar-refractivity contribution is 5.49. The summed E-state index contributed by atoms with van der Waals surface area (Å²) in [4.78, 5) is 10.3. The average Bonchev–Trinajstić information content (AvgIpc) is 2.06. The third-order valence-electron chi connectivity index (χ3n) is 2.99. The molecule has 0 N–H and O–H groups in total. The first-order chi connectivity index (χ1) is 5.38. The standard InChI is InChI=1S/C10H18O/c1-2-9-5-3-4-6-10(9)7-8-11/h8-10H,2-7H2,1H3. The third-order valence-corrected chi connectivity index (χ3v) is 2.99. The third kappa shape index (κ3) is 2.32. The van der Waals surface area contributed by atoms with Crippen molar-refractivity contribution in [3.05, 3.63) is 0 Å². The Bertz CT molecular complexity index is 120. The molecule has 1 aliphatic rings. The van der Waals surface area contributed by atoms with Crippen molar-refractivity contribution in [2.45, 2.75) is 45.4 Å². The Morgan fingerprint density at radius 2 is 1.91 bits per heavy atom. The highest BCUT2D eigenvalue weighted by Gasteiger charge is 2.22. The zero-order chi connectivity index (χ0) is 8.10. The van der Waals surface area contributed by atoms with Gasteiger partial charge in [0, 0.05) is 6.42 Å². The van der Waals surface area contributed by atoms with Gasteiger partial charge in [0.1, 0.15) is 6.29 Å². The molecule has 0 aliphatic heterocycles. The van der Waals surface area contributed by atoms with E-state index >= 15 is 0 Å². The lowest BCUT2D eigenvalue weighted by atomic mass is 9.76. The van der Waals surface area contributed by atoms with Crippen molar-refractivity contribution in [2.75, 3.05) is 0 Å². The fourth-order valence-corrected chi connectivity index (χ4v) is 2.26. The molecule has 1 heteroatoms. The van der Waals surface area contributed by atoms with Crippen molar-refractivity contribution in [1.29, 1.82) is 0 Å². The zero-order valence-corrected chi connectivity index (χ0v) is 7.38. The van der Waals surface area contributed by atoms with Crippen LogP contribution in [0, 0.1) is 11.8 Å². The van der Waals surface area contributed by atoms with Crippen LogP contribution in [-0.2, 0) is 4.79 Å². The molecule has 0 saturated heterocycles. The van der Waals surface area contributed by atoms with Crippen LogP contribution in [0.15, 0.2) is 0 Å². The van der Waals surface area contributed by atoms with E-state index < -0.39 is 0 Å². The predicted molar refractivity (Wildman–Crippen MR) is 46.4 cm³/mol. The van der Waals surface area contributed by atoms with Crippen molar-refractivity contribution in [1.82, 2.24) is 0 Å². The molecule has 1 saturated carbocycles. The lowest BCUT2D eigenvalue weighted by Crippen LogP contribution is -2.18. The molecule has 1 nitrogen and oxygen atoms in total. The van der Waals surface area contributed by atoms with Gasteiger partial charge in [0.05, 0.1) is 0 Å². The molecule has 2 unspecified atom stereocenters. The Morgan fingerprint density at radius 1 is 1.27 bits per heavy atom. The average molecular weight is 154 g/mol. The fraction of sp³-hybridized carbons (Fsp3) is 0.900. The van der Waals surface area contributed by atoms with Gasteiger partial charge in [-0.3, -0.25) is 0 Å². The molecule has 0 spiro atoms. The van der Waals surface area contributed by atoms with E-state index in [1.165, 1.54) is 32.1 Å². The molecular formula is C10H18O. The van der Waals surface area contributed by atoms with E-state index in [0.717, 1.165) is 18.6 Å². The largest absolute Gasteiger partial charge is 0.303 e. The van der Waals surface area contributed by atoms with Gasteiger partial charge < -0.3 is 4.79 Å². The number of hydrogen-bond donors (Lipinski definition) is 0. The second kappa shape index (κ2) is 4.53. The second-order valence-electron chi connectivity index (χ2n) is 3.62. The first-order valence-corrected chi connectivity index (χ1v) is 4.82. The molecule has 1 fully saturated rings. The van der Waals surface area contributed by atoms with Crippen LogP contribution in [0.25, 0.3) is 0 Å². The summed E-state index contributed by atoms with van der Waals surface area (Å²) in [6.45, 7) is 2.24. The smallest absolute Gasteiger partial charge is 0.120 e. The first kappa shape index (κ1) is 8.76. The normalized spacial score (nSPS) is 31.7. The Morgan fingerprint density at radius 3 is 2.45 bits per heavy atom. The fourth-order valence-electron chi connectivity index (χ4n) is 2.26. The van der Waals surface area contributed by atoms with Crippen LogP contribution in [0.4, 0.5) is 0 Å². The van der Waals surface area contributed by atoms with Crippen LogP contribution < -0.4 is 0 Å². The van der Waals surface area contributed by atoms with Crippen LogP contribution >= 0.6 is 0 Å². The van der Waals surface area contributed by atoms with E-state index in [-0.39, 0.29) is 0 Å². The first-order valence-electron chi connectivity index (χ1n) is 4.82. The minimum atomic E-state index is 0.714. The number of carbonyl (C=O) groups excluding carboxylic acids is 1. The Balaban J connectivity index is 2.37. The molecule has 0 bridgehead atoms. The van der Waals surface area contributed by atoms with Crippen LogP contribution in [0.5, 0.6) is 0 Å². The molecule has 0 aromatic heterocycles. The van der Waals surface area contributed by atoms with Crippen LogP contribution in [0.3, 0.4) is 0 Å². The number of carbonyl (C=O) groups is 1. The van der Waals surface area contributed by atoms with E-state index in [1.807, 2.05) is 0 Å². The summed E-state index contributed by atoms with van der Waals surface area (Å²) in [5.74, 6) is 1.56. The van der Waals surface area contributed by atoms with Gasteiger partial charge in [-0.05, 0) is 18.3 Å². The van der Waals surface area contributed by atoms with Gasteiger partial charge in [0.2, 0.25) is 0 Å². The SMILES string of the molecule is CCC1CCCCC1CC=O. The van der Waals surface area contributed by atoms with E-state index in [2.05, 4.69) is 6.92 Å². The Kier molecular flexibility index (Phi) is 3.61. The number of hydrogen-bond acceptors (Lipinski definition) is 1. The van der Waals surface area contributed by atoms with Crippen molar-refractivity contribution < 1.29 is 4.79 Å². The summed E-state index contributed by atoms with van der Waals surface area (Å²) in [5.41, 5.74) is 0. The minimum absolute atomic E-state index is 0.714. The zero-order valence-electron chi connectivity index (χ0n) is 7.38. The summed E-state index contributed by atoms with van der Waals surface area (Å²) in [6.07, 6.45) is 8.53. The maximum absolute atomic E-state index is 10.3. The summed E-state index contributed by atoms with van der Waals surface area (Å²) >= 11 is 0. The van der Waals surface area contributed by atoms with Crippen molar-refractivity contribution in [3.63, 3.8) is 0 Å². The predicted octanol–water partition coefficient (Wildman–Crippen LogP) is 2.79. The number of aldehydes is 1. The highest BCUT2D eigenvalue weighted by atomic mass is 16.1. The molecule has 1 aliphatic carbocycles. The van der Waals surface area contributed by atoms with E-state index in [4.69, 9.17) is 0 Å². The van der Waals surface area contributed by atoms with Gasteiger partial charge >= 0.3 is 0 Å². The van der Waals surface area contributed by atoms with E-state index in [0.29, 0.717) is 5.92 Å². The Labute approximate surface area is 69.2 Å². The summed E-state index contributed by atoms with van der Waals surface area (Å²) in [6, 6.07) is 0. The van der Waals surface area contributed by atoms with Gasteiger partial charge in [-0.25, -0.2) is 0 Å². The molecule has 0 aromatic carbocycles. The molecule has 2 atom stereocenters. The minimum Gasteiger partial charge on any atom is -0.303 e. The maximum Gasteiger partial charge on any atom is 0.120 e. The molecule has 11 heavy (non-hydrogen) atoms. The van der Waals surface area contributed by atoms with Gasteiger partial charge in [-0.1, -0.05) is 32.6 Å². The van der Waals surface area contributed by atoms with Crippen LogP contribution in [0.2, 0.25) is 0 Å². The molecular weight excluding hydrogens is 136 g/mol. The van der Waals surface area contributed by atoms with Gasteiger partial charge in [-0.15, -0.1) is 0 Å². The molecule has 0 radical (unpaired) electrons. The topological polar surface area (TPSA) is 17.1 Å². The number of rotatable bonds is 3. The molecule has 0 heterocycles. The van der Waals surface area contributed by atoms with E-state index in [1.54, 1.807) is 0 Å². The van der Waals surface area contributed by atoms with Gasteiger partial charge in [-0.2, -0.15) is 0 Å². The van der Waals surface area contributed by atoms with Gasteiger partial charge in [0.25, 0.3) is 0 Å². The van der Waals surface area contributed by atoms with Crippen molar-refractivity contribution >= 4 is 6.29 Å². The highest BCUT2D eigenvalue weighted by Crippen LogP contribution is 2.33. The lowest BCUT2D eigenvalue weighted by molar-refractivity contribution is -0.109. The summed E-state index contributed by atoms with van der Waals surface area (Å²) in [7, 11) is 0. The summed E-state index contributed by atoms with van der Waals surface area (Å²) < 4.78 is 0. The lowest BCUT2D eigenvalue weighted by Gasteiger charge is -2.29. The van der Waals surface area contributed by atoms with Crippen LogP contribution in [-0.4, -0.2) is 6.29 Å². The van der Waals surface area contributed by atoms with Gasteiger partial charge in [0.15, 0.2) is 0 Å². The monoisotopic (exact) mass is 154 g/mol. The van der Waals surface area contributed by atoms with Crippen molar-refractivity contribution in [2.24, 2.45) is 11.8 Å². The molecule has 1 rings (SSSR count). The van der Waals surface area contributed by atoms with Crippen LogP contribution in [0.1, 0.15) is 45.4 Å². The quantitative estimate of drug-likeness (QED) is 0.571. The maximum atomic E-state index is 10.3. The summed E-state index contributed by atoms with van der Waals surface area (Å²) in [5, 5.41) is 0. The molecule has 64 valence electrons. The molecule has 0 aromatic rings. The second-order valence-corrected chi connectivity index (χ2v) is 3.62. The molecule has 0 amide bonds.